The van der Waals surface area contributed by atoms with E-state index in [2.05, 4.69) is 0 Å². The molecule has 1 amide bonds. The highest BCUT2D eigenvalue weighted by Gasteiger charge is 2.34. The van der Waals surface area contributed by atoms with Gasteiger partial charge < -0.3 is 20.5 Å². The third kappa shape index (κ3) is 5.29. The molecule has 7 heteroatoms. The van der Waals surface area contributed by atoms with Crippen molar-refractivity contribution in [2.45, 2.75) is 44.9 Å². The molecule has 1 aromatic carbocycles. The van der Waals surface area contributed by atoms with Gasteiger partial charge in [-0.25, -0.2) is 0 Å². The standard InChI is InChI=1S/C18H24N2O5/c1-12-9-14(18(23)24)7-8-20(12)17(22)15(19)10-16(21)25-11-13-5-3-2-4-6-13/h2-6,12,14-15H,7-11,19H2,1H3,(H,23,24)/t12?,14?,15-/m0/s1. The summed E-state index contributed by atoms with van der Waals surface area (Å²) in [4.78, 5) is 36.9. The topological polar surface area (TPSA) is 110 Å². The van der Waals surface area contributed by atoms with Gasteiger partial charge in [-0.05, 0) is 25.3 Å². The van der Waals surface area contributed by atoms with E-state index in [1.54, 1.807) is 11.8 Å². The normalized spacial score (nSPS) is 21.4. The van der Waals surface area contributed by atoms with E-state index in [9.17, 15) is 14.4 Å². The lowest BCUT2D eigenvalue weighted by Crippen LogP contribution is -2.52. The summed E-state index contributed by atoms with van der Waals surface area (Å²) < 4.78 is 5.14. The molecule has 1 fully saturated rings. The van der Waals surface area contributed by atoms with Gasteiger partial charge in [0.15, 0.2) is 0 Å². The first kappa shape index (κ1) is 18.9. The molecule has 7 nitrogen and oxygen atoms in total. The van der Waals surface area contributed by atoms with Gasteiger partial charge in [0, 0.05) is 12.6 Å². The Morgan fingerprint density at radius 3 is 2.60 bits per heavy atom. The average Bonchev–Trinajstić information content (AvgIpc) is 2.60. The third-order valence-electron chi connectivity index (χ3n) is 4.45. The Balaban J connectivity index is 1.81. The summed E-state index contributed by atoms with van der Waals surface area (Å²) in [6, 6.07) is 8.05. The van der Waals surface area contributed by atoms with Crippen LogP contribution in [0, 0.1) is 5.92 Å². The van der Waals surface area contributed by atoms with E-state index in [4.69, 9.17) is 15.6 Å². The number of nitrogens with two attached hydrogens (primary N) is 1. The number of carbonyl (C=O) groups excluding carboxylic acids is 2. The summed E-state index contributed by atoms with van der Waals surface area (Å²) in [7, 11) is 0. The second kappa shape index (κ2) is 8.62. The van der Waals surface area contributed by atoms with Crippen LogP contribution in [0.1, 0.15) is 31.7 Å². The van der Waals surface area contributed by atoms with Gasteiger partial charge in [0.05, 0.1) is 18.4 Å². The van der Waals surface area contributed by atoms with Crippen molar-refractivity contribution in [2.75, 3.05) is 6.54 Å². The highest BCUT2D eigenvalue weighted by molar-refractivity contribution is 5.87. The second-order valence-corrected chi connectivity index (χ2v) is 6.40. The van der Waals surface area contributed by atoms with Crippen molar-refractivity contribution < 1.29 is 24.2 Å². The van der Waals surface area contributed by atoms with Gasteiger partial charge in [0.1, 0.15) is 6.61 Å². The Kier molecular flexibility index (Phi) is 6.52. The summed E-state index contributed by atoms with van der Waals surface area (Å²) in [5.74, 6) is -2.15. The highest BCUT2D eigenvalue weighted by atomic mass is 16.5. The molecule has 136 valence electrons. The fraction of sp³-hybridized carbons (Fsp3) is 0.500. The Hall–Kier alpha value is -2.41. The van der Waals surface area contributed by atoms with Crippen LogP contribution in [0.2, 0.25) is 0 Å². The van der Waals surface area contributed by atoms with Crippen LogP contribution in [0.15, 0.2) is 30.3 Å². The largest absolute Gasteiger partial charge is 0.481 e. The molecule has 25 heavy (non-hydrogen) atoms. The fourth-order valence-electron chi connectivity index (χ4n) is 3.00. The van der Waals surface area contributed by atoms with Crippen molar-refractivity contribution in [3.63, 3.8) is 0 Å². The van der Waals surface area contributed by atoms with E-state index in [0.29, 0.717) is 19.4 Å². The molecule has 0 aliphatic carbocycles. The maximum atomic E-state index is 12.4. The number of nitrogens with zero attached hydrogens (tertiary/aromatic N) is 1. The van der Waals surface area contributed by atoms with E-state index >= 15 is 0 Å². The molecular weight excluding hydrogens is 324 g/mol. The summed E-state index contributed by atoms with van der Waals surface area (Å²) >= 11 is 0. The number of hydrogen-bond acceptors (Lipinski definition) is 5. The number of esters is 1. The number of carboxylic acids is 1. The Labute approximate surface area is 146 Å². The summed E-state index contributed by atoms with van der Waals surface area (Å²) in [5.41, 5.74) is 6.73. The van der Waals surface area contributed by atoms with Gasteiger partial charge in [-0.1, -0.05) is 30.3 Å². The number of piperidine rings is 1. The lowest BCUT2D eigenvalue weighted by Gasteiger charge is -2.37. The van der Waals surface area contributed by atoms with Gasteiger partial charge >= 0.3 is 11.9 Å². The van der Waals surface area contributed by atoms with Crippen LogP contribution in [0.25, 0.3) is 0 Å². The van der Waals surface area contributed by atoms with E-state index in [-0.39, 0.29) is 25.0 Å². The first-order valence-electron chi connectivity index (χ1n) is 8.37. The molecule has 1 heterocycles. The minimum atomic E-state index is -0.980. The molecule has 0 saturated carbocycles. The van der Waals surface area contributed by atoms with Crippen molar-refractivity contribution in [1.82, 2.24) is 4.90 Å². The first-order chi connectivity index (χ1) is 11.9. The molecule has 1 aliphatic heterocycles. The minimum Gasteiger partial charge on any atom is -0.481 e. The number of carbonyl (C=O) groups is 3. The molecule has 1 aliphatic rings. The molecule has 0 bridgehead atoms. The summed E-state index contributed by atoms with van der Waals surface area (Å²) in [6.45, 7) is 2.28. The van der Waals surface area contributed by atoms with Gasteiger partial charge in [0.2, 0.25) is 5.91 Å². The third-order valence-corrected chi connectivity index (χ3v) is 4.45. The molecule has 2 rings (SSSR count). The SMILES string of the molecule is CC1CC(C(=O)O)CCN1C(=O)[C@@H](N)CC(=O)OCc1ccccc1. The molecule has 2 unspecified atom stereocenters. The maximum Gasteiger partial charge on any atom is 0.308 e. The van der Waals surface area contributed by atoms with Crippen LogP contribution >= 0.6 is 0 Å². The Morgan fingerprint density at radius 1 is 1.32 bits per heavy atom. The van der Waals surface area contributed by atoms with E-state index in [1.165, 1.54) is 0 Å². The van der Waals surface area contributed by atoms with Crippen molar-refractivity contribution in [3.05, 3.63) is 35.9 Å². The fourth-order valence-corrected chi connectivity index (χ4v) is 3.00. The van der Waals surface area contributed by atoms with Gasteiger partial charge in [-0.3, -0.25) is 14.4 Å². The molecule has 1 aromatic rings. The van der Waals surface area contributed by atoms with Crippen LogP contribution in [-0.4, -0.2) is 46.5 Å². The first-order valence-corrected chi connectivity index (χ1v) is 8.37. The van der Waals surface area contributed by atoms with Crippen molar-refractivity contribution in [2.24, 2.45) is 11.7 Å². The molecule has 3 N–H and O–H groups in total. The van der Waals surface area contributed by atoms with Crippen molar-refractivity contribution >= 4 is 17.8 Å². The van der Waals surface area contributed by atoms with E-state index in [0.717, 1.165) is 5.56 Å². The molecular formula is C18H24N2O5. The number of benzene rings is 1. The van der Waals surface area contributed by atoms with Crippen LogP contribution in [0.5, 0.6) is 0 Å². The molecule has 0 aromatic heterocycles. The van der Waals surface area contributed by atoms with Crippen molar-refractivity contribution in [3.8, 4) is 0 Å². The maximum absolute atomic E-state index is 12.4. The minimum absolute atomic E-state index is 0.140. The number of amides is 1. The number of carboxylic acid groups (broad SMARTS) is 1. The molecule has 0 spiro atoms. The smallest absolute Gasteiger partial charge is 0.308 e. The van der Waals surface area contributed by atoms with E-state index < -0.39 is 23.9 Å². The zero-order chi connectivity index (χ0) is 18.4. The Bertz CT molecular complexity index is 619. The predicted molar refractivity (Wildman–Crippen MR) is 90.4 cm³/mol. The number of likely N-dealkylation sites (tertiary alicyclic amines) is 1. The highest BCUT2D eigenvalue weighted by Crippen LogP contribution is 2.23. The van der Waals surface area contributed by atoms with Crippen LogP contribution in [0.3, 0.4) is 0 Å². The quantitative estimate of drug-likeness (QED) is 0.747. The number of rotatable bonds is 6. The summed E-state index contributed by atoms with van der Waals surface area (Å²) in [5, 5.41) is 9.07. The zero-order valence-corrected chi connectivity index (χ0v) is 14.3. The molecule has 1 saturated heterocycles. The lowest BCUT2D eigenvalue weighted by atomic mass is 9.91. The lowest BCUT2D eigenvalue weighted by molar-refractivity contribution is -0.150. The van der Waals surface area contributed by atoms with E-state index in [1.807, 2.05) is 30.3 Å². The number of hydrogen-bond donors (Lipinski definition) is 2. The Morgan fingerprint density at radius 2 is 2.00 bits per heavy atom. The summed E-state index contributed by atoms with van der Waals surface area (Å²) in [6.07, 6.45) is 0.597. The monoisotopic (exact) mass is 348 g/mol. The average molecular weight is 348 g/mol. The zero-order valence-electron chi connectivity index (χ0n) is 14.3. The molecule has 3 atom stereocenters. The predicted octanol–water partition coefficient (Wildman–Crippen LogP) is 1.16. The van der Waals surface area contributed by atoms with Gasteiger partial charge in [0.25, 0.3) is 0 Å². The second-order valence-electron chi connectivity index (χ2n) is 6.40. The van der Waals surface area contributed by atoms with Crippen LogP contribution in [-0.2, 0) is 25.7 Å². The van der Waals surface area contributed by atoms with Crippen LogP contribution in [0.4, 0.5) is 0 Å². The van der Waals surface area contributed by atoms with Gasteiger partial charge in [-0.2, -0.15) is 0 Å². The van der Waals surface area contributed by atoms with Crippen LogP contribution < -0.4 is 5.73 Å². The molecule has 0 radical (unpaired) electrons. The number of aliphatic carboxylic acids is 1. The van der Waals surface area contributed by atoms with Crippen molar-refractivity contribution in [1.29, 1.82) is 0 Å². The number of ether oxygens (including phenoxy) is 1. The van der Waals surface area contributed by atoms with Gasteiger partial charge in [-0.15, -0.1) is 0 Å².